The van der Waals surface area contributed by atoms with Crippen LogP contribution in [-0.4, -0.2) is 36.1 Å². The van der Waals surface area contributed by atoms with Crippen molar-refractivity contribution in [1.29, 1.82) is 0 Å². The molecule has 3 aromatic rings. The number of sulfone groups is 1. The molecule has 0 aliphatic heterocycles. The molecular weight excluding hydrogens is 360 g/mol. The first-order valence-electron chi connectivity index (χ1n) is 7.75. The van der Waals surface area contributed by atoms with E-state index in [1.165, 1.54) is 0 Å². The molecule has 1 heterocycles. The lowest BCUT2D eigenvalue weighted by Gasteiger charge is -2.04. The van der Waals surface area contributed by atoms with Crippen molar-refractivity contribution in [3.8, 4) is 22.5 Å². The molecule has 25 heavy (non-hydrogen) atoms. The predicted molar refractivity (Wildman–Crippen MR) is 98.2 cm³/mol. The number of aromatic amines is 1. The minimum absolute atomic E-state index is 0.0619. The van der Waals surface area contributed by atoms with Crippen LogP contribution in [0.2, 0.25) is 5.02 Å². The zero-order chi connectivity index (χ0) is 17.9. The van der Waals surface area contributed by atoms with E-state index in [0.717, 1.165) is 22.5 Å². The largest absolute Gasteiger partial charge is 0.396 e. The molecule has 0 saturated heterocycles. The highest BCUT2D eigenvalue weighted by Gasteiger charge is 2.14. The van der Waals surface area contributed by atoms with Gasteiger partial charge in [0.1, 0.15) is 0 Å². The Kier molecular flexibility index (Phi) is 5.22. The smallest absolute Gasteiger partial charge is 0.178 e. The van der Waals surface area contributed by atoms with E-state index in [1.807, 2.05) is 18.2 Å². The molecule has 5 nitrogen and oxygen atoms in total. The third-order valence-corrected chi connectivity index (χ3v) is 5.88. The average Bonchev–Trinajstić information content (AvgIpc) is 3.11. The fourth-order valence-electron chi connectivity index (χ4n) is 2.45. The first kappa shape index (κ1) is 17.7. The number of rotatable bonds is 6. The van der Waals surface area contributed by atoms with E-state index in [9.17, 15) is 8.42 Å². The molecule has 2 aromatic carbocycles. The van der Waals surface area contributed by atoms with Crippen LogP contribution >= 0.6 is 11.6 Å². The molecule has 0 radical (unpaired) electrons. The zero-order valence-electron chi connectivity index (χ0n) is 13.3. The molecule has 0 unspecified atom stereocenters. The summed E-state index contributed by atoms with van der Waals surface area (Å²) in [5, 5.41) is 16.7. The number of aliphatic hydroxyl groups excluding tert-OH is 1. The Morgan fingerprint density at radius 2 is 1.64 bits per heavy atom. The van der Waals surface area contributed by atoms with Crippen molar-refractivity contribution in [2.45, 2.75) is 11.3 Å². The molecule has 1 aromatic heterocycles. The van der Waals surface area contributed by atoms with E-state index in [1.54, 1.807) is 36.4 Å². The molecule has 0 saturated carbocycles. The van der Waals surface area contributed by atoms with Crippen molar-refractivity contribution >= 4 is 21.4 Å². The van der Waals surface area contributed by atoms with Crippen molar-refractivity contribution < 1.29 is 13.5 Å². The van der Waals surface area contributed by atoms with Crippen LogP contribution in [0.1, 0.15) is 6.42 Å². The van der Waals surface area contributed by atoms with Crippen molar-refractivity contribution in [3.05, 3.63) is 59.6 Å². The number of hydrogen-bond donors (Lipinski definition) is 2. The molecule has 0 bridgehead atoms. The highest BCUT2D eigenvalue weighted by atomic mass is 35.5. The molecule has 0 atom stereocenters. The monoisotopic (exact) mass is 376 g/mol. The summed E-state index contributed by atoms with van der Waals surface area (Å²) in [5.74, 6) is -0.0619. The fourth-order valence-corrected chi connectivity index (χ4v) is 3.87. The first-order valence-corrected chi connectivity index (χ1v) is 9.78. The van der Waals surface area contributed by atoms with Gasteiger partial charge < -0.3 is 5.11 Å². The highest BCUT2D eigenvalue weighted by Crippen LogP contribution is 2.26. The number of aliphatic hydroxyl groups is 1. The van der Waals surface area contributed by atoms with Crippen LogP contribution in [0, 0.1) is 0 Å². The van der Waals surface area contributed by atoms with E-state index in [4.69, 9.17) is 16.7 Å². The van der Waals surface area contributed by atoms with Gasteiger partial charge in [0, 0.05) is 17.2 Å². The van der Waals surface area contributed by atoms with Crippen LogP contribution in [0.15, 0.2) is 59.5 Å². The van der Waals surface area contributed by atoms with E-state index in [0.29, 0.717) is 5.02 Å². The SMILES string of the molecule is O=S(=O)(CCCO)c1ccc(-c2cc(-c3ccc(Cl)cc3)n[nH]2)cc1. The Balaban J connectivity index is 1.82. The van der Waals surface area contributed by atoms with Gasteiger partial charge in [-0.25, -0.2) is 8.42 Å². The van der Waals surface area contributed by atoms with E-state index in [2.05, 4.69) is 10.2 Å². The van der Waals surface area contributed by atoms with Crippen molar-refractivity contribution in [1.82, 2.24) is 10.2 Å². The van der Waals surface area contributed by atoms with Gasteiger partial charge in [0.15, 0.2) is 9.84 Å². The normalized spacial score (nSPS) is 11.6. The summed E-state index contributed by atoms with van der Waals surface area (Å²) < 4.78 is 24.2. The van der Waals surface area contributed by atoms with Crippen molar-refractivity contribution in [2.24, 2.45) is 0 Å². The van der Waals surface area contributed by atoms with Gasteiger partial charge in [0.2, 0.25) is 0 Å². The molecule has 0 aliphatic carbocycles. The van der Waals surface area contributed by atoms with E-state index >= 15 is 0 Å². The molecular formula is C18H17ClN2O3S. The summed E-state index contributed by atoms with van der Waals surface area (Å²) in [5.41, 5.74) is 3.36. The van der Waals surface area contributed by atoms with Gasteiger partial charge >= 0.3 is 0 Å². The molecule has 3 rings (SSSR count). The number of nitrogens with one attached hydrogen (secondary N) is 1. The summed E-state index contributed by atoms with van der Waals surface area (Å²) in [6.07, 6.45) is 0.231. The number of H-pyrrole nitrogens is 1. The van der Waals surface area contributed by atoms with Gasteiger partial charge in [-0.2, -0.15) is 5.10 Å². The lowest BCUT2D eigenvalue weighted by molar-refractivity contribution is 0.295. The summed E-state index contributed by atoms with van der Waals surface area (Å²) in [4.78, 5) is 0.252. The van der Waals surface area contributed by atoms with Crippen LogP contribution < -0.4 is 0 Å². The summed E-state index contributed by atoms with van der Waals surface area (Å²) in [7, 11) is -3.36. The molecule has 7 heteroatoms. The van der Waals surface area contributed by atoms with Gasteiger partial charge in [-0.15, -0.1) is 0 Å². The van der Waals surface area contributed by atoms with Crippen LogP contribution in [0.3, 0.4) is 0 Å². The van der Waals surface area contributed by atoms with Crippen LogP contribution in [0.5, 0.6) is 0 Å². The maximum Gasteiger partial charge on any atom is 0.178 e. The Labute approximate surface area is 151 Å². The summed E-state index contributed by atoms with van der Waals surface area (Å²) in [6.45, 7) is -0.140. The average molecular weight is 377 g/mol. The summed E-state index contributed by atoms with van der Waals surface area (Å²) in [6, 6.07) is 15.9. The fraction of sp³-hybridized carbons (Fsp3) is 0.167. The molecule has 130 valence electrons. The standard InChI is InChI=1S/C18H17ClN2O3S/c19-15-6-2-13(3-7-15)17-12-18(21-20-17)14-4-8-16(9-5-14)25(23,24)11-1-10-22/h2-9,12,22H,1,10-11H2,(H,20,21). The Hall–Kier alpha value is -2.15. The second-order valence-electron chi connectivity index (χ2n) is 5.59. The van der Waals surface area contributed by atoms with E-state index < -0.39 is 9.84 Å². The van der Waals surface area contributed by atoms with Crippen LogP contribution in [-0.2, 0) is 9.84 Å². The third-order valence-electron chi connectivity index (χ3n) is 3.81. The second kappa shape index (κ2) is 7.39. The lowest BCUT2D eigenvalue weighted by Crippen LogP contribution is -2.08. The molecule has 0 fully saturated rings. The van der Waals surface area contributed by atoms with Crippen LogP contribution in [0.4, 0.5) is 0 Å². The van der Waals surface area contributed by atoms with Gasteiger partial charge in [-0.3, -0.25) is 5.10 Å². The Bertz CT molecular complexity index is 949. The van der Waals surface area contributed by atoms with Gasteiger partial charge in [-0.1, -0.05) is 35.9 Å². The van der Waals surface area contributed by atoms with E-state index in [-0.39, 0.29) is 23.7 Å². The number of hydrogen-bond acceptors (Lipinski definition) is 4. The number of benzene rings is 2. The molecule has 0 aliphatic rings. The van der Waals surface area contributed by atoms with Gasteiger partial charge in [-0.05, 0) is 42.3 Å². The van der Waals surface area contributed by atoms with Gasteiger partial charge in [0.25, 0.3) is 0 Å². The molecule has 0 spiro atoms. The zero-order valence-corrected chi connectivity index (χ0v) is 14.9. The topological polar surface area (TPSA) is 83.1 Å². The number of halogens is 1. The second-order valence-corrected chi connectivity index (χ2v) is 8.14. The third kappa shape index (κ3) is 4.10. The Morgan fingerprint density at radius 3 is 2.28 bits per heavy atom. The van der Waals surface area contributed by atoms with Crippen molar-refractivity contribution in [2.75, 3.05) is 12.4 Å². The minimum Gasteiger partial charge on any atom is -0.396 e. The molecule has 2 N–H and O–H groups in total. The number of aromatic nitrogens is 2. The van der Waals surface area contributed by atoms with Crippen molar-refractivity contribution in [3.63, 3.8) is 0 Å². The maximum atomic E-state index is 12.1. The first-order chi connectivity index (χ1) is 12.0. The number of nitrogens with zero attached hydrogens (tertiary/aromatic N) is 1. The summed E-state index contributed by atoms with van der Waals surface area (Å²) >= 11 is 5.89. The quantitative estimate of drug-likeness (QED) is 0.689. The lowest BCUT2D eigenvalue weighted by atomic mass is 10.1. The van der Waals surface area contributed by atoms with Gasteiger partial charge in [0.05, 0.1) is 22.0 Å². The molecule has 0 amide bonds. The Morgan fingerprint density at radius 1 is 1.00 bits per heavy atom. The van der Waals surface area contributed by atoms with Crippen LogP contribution in [0.25, 0.3) is 22.5 Å². The maximum absolute atomic E-state index is 12.1. The minimum atomic E-state index is -3.36. The predicted octanol–water partition coefficient (Wildman–Crippen LogP) is 3.55. The highest BCUT2D eigenvalue weighted by molar-refractivity contribution is 7.91.